The van der Waals surface area contributed by atoms with Gasteiger partial charge in [-0.15, -0.1) is 0 Å². The molecule has 3 aromatic carbocycles. The van der Waals surface area contributed by atoms with E-state index < -0.39 is 35.1 Å². The van der Waals surface area contributed by atoms with E-state index in [1.54, 1.807) is 24.3 Å². The highest BCUT2D eigenvalue weighted by atomic mass is 32.2. The Balaban J connectivity index is 1.47. The van der Waals surface area contributed by atoms with Crippen molar-refractivity contribution in [2.24, 2.45) is 0 Å². The molecule has 0 radical (unpaired) electrons. The Labute approximate surface area is 217 Å². The summed E-state index contributed by atoms with van der Waals surface area (Å²) >= 11 is 0. The molecule has 0 fully saturated rings. The van der Waals surface area contributed by atoms with Crippen molar-refractivity contribution in [2.45, 2.75) is 40.2 Å². The van der Waals surface area contributed by atoms with Gasteiger partial charge in [0.1, 0.15) is 5.25 Å². The molecule has 37 heavy (non-hydrogen) atoms. The van der Waals surface area contributed by atoms with E-state index in [1.807, 2.05) is 19.9 Å². The molecule has 0 bridgehead atoms. The Hall–Kier alpha value is -3.41. The number of hydrogen-bond acceptors (Lipinski definition) is 6. The lowest BCUT2D eigenvalue weighted by atomic mass is 10.1. The summed E-state index contributed by atoms with van der Waals surface area (Å²) < 4.78 is 81.5. The molecule has 11 heteroatoms. The zero-order valence-electron chi connectivity index (χ0n) is 20.1. The summed E-state index contributed by atoms with van der Waals surface area (Å²) in [4.78, 5) is 0.0322. The minimum absolute atomic E-state index is 0.0282. The van der Waals surface area contributed by atoms with Gasteiger partial charge < -0.3 is 0 Å². The van der Waals surface area contributed by atoms with Gasteiger partial charge in [-0.2, -0.15) is 0 Å². The van der Waals surface area contributed by atoms with Gasteiger partial charge in [0.15, 0.2) is 0 Å². The lowest BCUT2D eigenvalue weighted by Crippen LogP contribution is -2.26. The molecule has 1 atom stereocenters. The van der Waals surface area contributed by atoms with Gasteiger partial charge in [0.05, 0.1) is 14.7 Å². The van der Waals surface area contributed by atoms with Gasteiger partial charge in [-0.25, -0.2) is 25.3 Å². The Morgan fingerprint density at radius 2 is 1.14 bits per heavy atom. The highest BCUT2D eigenvalue weighted by molar-refractivity contribution is 7.93. The van der Waals surface area contributed by atoms with Gasteiger partial charge in [-0.05, 0) is 80.9 Å². The predicted octanol–water partition coefficient (Wildman–Crippen LogP) is 4.65. The molecule has 8 nitrogen and oxygen atoms in total. The van der Waals surface area contributed by atoms with Crippen LogP contribution < -0.4 is 9.44 Å². The third-order valence-corrected chi connectivity index (χ3v) is 10.7. The summed E-state index contributed by atoms with van der Waals surface area (Å²) in [5.74, 6) is 0. The number of rotatable bonds is 8. The van der Waals surface area contributed by atoms with Gasteiger partial charge in [-0.1, -0.05) is 41.5 Å². The average Bonchev–Trinajstić information content (AvgIpc) is 2.85. The number of nitrogens with one attached hydrogen (secondary N) is 2. The zero-order valence-corrected chi connectivity index (χ0v) is 22.6. The first-order chi connectivity index (χ1) is 17.4. The summed E-state index contributed by atoms with van der Waals surface area (Å²) in [6, 6.07) is 17.1. The van der Waals surface area contributed by atoms with Crippen LogP contribution in [0.1, 0.15) is 18.9 Å². The van der Waals surface area contributed by atoms with E-state index in [2.05, 4.69) is 9.44 Å². The second-order valence-corrected chi connectivity index (χ2v) is 14.2. The second kappa shape index (κ2) is 10.2. The van der Waals surface area contributed by atoms with Crippen molar-refractivity contribution in [1.82, 2.24) is 0 Å². The van der Waals surface area contributed by atoms with Crippen LogP contribution in [0.5, 0.6) is 0 Å². The topological polar surface area (TPSA) is 126 Å². The van der Waals surface area contributed by atoms with Crippen molar-refractivity contribution >= 4 is 41.3 Å². The zero-order chi connectivity index (χ0) is 26.8. The number of hydrogen-bond donors (Lipinski definition) is 2. The molecule has 0 saturated carbocycles. The first kappa shape index (κ1) is 26.6. The second-order valence-electron chi connectivity index (χ2n) is 8.70. The minimum Gasteiger partial charge on any atom is -0.283 e. The van der Waals surface area contributed by atoms with Crippen molar-refractivity contribution in [1.29, 1.82) is 0 Å². The van der Waals surface area contributed by atoms with Crippen LogP contribution >= 0.6 is 0 Å². The van der Waals surface area contributed by atoms with Crippen molar-refractivity contribution in [3.05, 3.63) is 102 Å². The van der Waals surface area contributed by atoms with E-state index in [-0.39, 0.29) is 26.1 Å². The van der Waals surface area contributed by atoms with Gasteiger partial charge in [-0.3, -0.25) is 9.44 Å². The van der Waals surface area contributed by atoms with Gasteiger partial charge in [0, 0.05) is 11.4 Å². The molecule has 1 aliphatic carbocycles. The molecule has 1 aliphatic rings. The first-order valence-electron chi connectivity index (χ1n) is 11.3. The van der Waals surface area contributed by atoms with E-state index in [9.17, 15) is 25.3 Å². The summed E-state index contributed by atoms with van der Waals surface area (Å²) in [5, 5.41) is -0.707. The van der Waals surface area contributed by atoms with Gasteiger partial charge in [0.25, 0.3) is 10.0 Å². The SMILES string of the molecule is CC1=CCC(S(=O)(=O)Nc2ccc(S(=O)(=O)c3ccc(NS(=O)(=O)c4ccc(C)cc4)cc3)cc2)C=C1. The molecule has 194 valence electrons. The van der Waals surface area contributed by atoms with E-state index >= 15 is 0 Å². The maximum Gasteiger partial charge on any atom is 0.261 e. The fraction of sp³-hybridized carbons (Fsp3) is 0.154. The maximum atomic E-state index is 13.1. The quantitative estimate of drug-likeness (QED) is 0.415. The first-order valence-corrected chi connectivity index (χ1v) is 15.8. The largest absolute Gasteiger partial charge is 0.283 e. The van der Waals surface area contributed by atoms with Crippen LogP contribution in [0.2, 0.25) is 0 Å². The summed E-state index contributed by atoms with van der Waals surface area (Å²) in [6.45, 7) is 3.74. The summed E-state index contributed by atoms with van der Waals surface area (Å²) in [7, 11) is -11.4. The lowest BCUT2D eigenvalue weighted by molar-refractivity contribution is 0.592. The maximum absolute atomic E-state index is 13.1. The predicted molar refractivity (Wildman–Crippen MR) is 144 cm³/mol. The standard InChI is InChI=1S/C26H26N2O6S3/c1-19-3-11-25(12-4-19)36(31,32)27-21-7-15-23(16-8-21)35(29,30)24-17-9-22(10-18-24)28-37(33,34)26-13-5-20(2)6-14-26/h3-13,15-18,26-28H,14H2,1-2H3. The molecule has 2 N–H and O–H groups in total. The molecule has 0 aliphatic heterocycles. The van der Waals surface area contributed by atoms with E-state index in [0.29, 0.717) is 6.42 Å². The molecular weight excluding hydrogens is 532 g/mol. The van der Waals surface area contributed by atoms with Crippen LogP contribution in [0.4, 0.5) is 11.4 Å². The number of sulfone groups is 1. The van der Waals surface area contributed by atoms with Crippen LogP contribution in [0.3, 0.4) is 0 Å². The van der Waals surface area contributed by atoms with Crippen LogP contribution in [0.15, 0.2) is 111 Å². The highest BCUT2D eigenvalue weighted by Gasteiger charge is 2.24. The van der Waals surface area contributed by atoms with Gasteiger partial charge in [0.2, 0.25) is 19.9 Å². The number of anilines is 2. The highest BCUT2D eigenvalue weighted by Crippen LogP contribution is 2.26. The lowest BCUT2D eigenvalue weighted by Gasteiger charge is -2.17. The Morgan fingerprint density at radius 3 is 1.62 bits per heavy atom. The van der Waals surface area contributed by atoms with Gasteiger partial charge >= 0.3 is 0 Å². The number of sulfonamides is 2. The van der Waals surface area contributed by atoms with E-state index in [1.165, 1.54) is 60.7 Å². The van der Waals surface area contributed by atoms with Crippen LogP contribution in [-0.2, 0) is 29.9 Å². The third-order valence-electron chi connectivity index (χ3n) is 5.82. The van der Waals surface area contributed by atoms with Crippen molar-refractivity contribution < 1.29 is 25.3 Å². The average molecular weight is 559 g/mol. The molecule has 0 amide bonds. The molecule has 3 aromatic rings. The van der Waals surface area contributed by atoms with Crippen LogP contribution in [0.25, 0.3) is 0 Å². The van der Waals surface area contributed by atoms with Crippen LogP contribution in [0, 0.1) is 6.92 Å². The molecule has 1 unspecified atom stereocenters. The van der Waals surface area contributed by atoms with Crippen molar-refractivity contribution in [3.63, 3.8) is 0 Å². The minimum atomic E-state index is -3.92. The van der Waals surface area contributed by atoms with E-state index in [4.69, 9.17) is 0 Å². The summed E-state index contributed by atoms with van der Waals surface area (Å²) in [5.41, 5.74) is 2.39. The number of aryl methyl sites for hydroxylation is 1. The fourth-order valence-electron chi connectivity index (χ4n) is 3.65. The molecule has 0 heterocycles. The number of allylic oxidation sites excluding steroid dienone is 3. The Morgan fingerprint density at radius 1 is 0.649 bits per heavy atom. The monoisotopic (exact) mass is 558 g/mol. The Kier molecular flexibility index (Phi) is 7.31. The normalized spacial score (nSPS) is 16.2. The smallest absolute Gasteiger partial charge is 0.261 e. The molecular formula is C26H26N2O6S3. The Bertz CT molecular complexity index is 1670. The van der Waals surface area contributed by atoms with Crippen molar-refractivity contribution in [2.75, 3.05) is 9.44 Å². The molecule has 0 aromatic heterocycles. The number of benzene rings is 3. The fourth-order valence-corrected chi connectivity index (χ4v) is 7.22. The van der Waals surface area contributed by atoms with Crippen LogP contribution in [-0.4, -0.2) is 30.5 Å². The van der Waals surface area contributed by atoms with E-state index in [0.717, 1.165) is 11.1 Å². The molecule has 0 spiro atoms. The van der Waals surface area contributed by atoms with Crippen molar-refractivity contribution in [3.8, 4) is 0 Å². The molecule has 4 rings (SSSR count). The third kappa shape index (κ3) is 6.12. The molecule has 0 saturated heterocycles. The summed E-state index contributed by atoms with van der Waals surface area (Å²) in [6.07, 6.45) is 5.59.